The van der Waals surface area contributed by atoms with Crippen molar-refractivity contribution in [3.8, 4) is 11.3 Å². The molecule has 3 nitrogen and oxygen atoms in total. The summed E-state index contributed by atoms with van der Waals surface area (Å²) in [7, 11) is 0. The van der Waals surface area contributed by atoms with Gasteiger partial charge in [-0.1, -0.05) is 30.1 Å². The molecule has 1 atom stereocenters. The molecule has 24 heavy (non-hydrogen) atoms. The Morgan fingerprint density at radius 2 is 2.00 bits per heavy atom. The number of carboxylic acid groups (broad SMARTS) is 1. The number of hydrogen-bond acceptors (Lipinski definition) is 1. The number of carbonyl (C=O) groups is 1. The van der Waals surface area contributed by atoms with Gasteiger partial charge in [-0.3, -0.25) is 4.79 Å². The average molecular weight is 366 g/mol. The van der Waals surface area contributed by atoms with Crippen molar-refractivity contribution in [2.45, 2.75) is 19.3 Å². The SMILES string of the molecule is CCC(C(=O)O)c1c(-c2ccc(F)c(Cl)c2)[nH]c2ccc(Cl)cc12. The number of halogens is 3. The minimum Gasteiger partial charge on any atom is -0.481 e. The van der Waals surface area contributed by atoms with Gasteiger partial charge < -0.3 is 10.1 Å². The van der Waals surface area contributed by atoms with Gasteiger partial charge in [0.2, 0.25) is 0 Å². The lowest BCUT2D eigenvalue weighted by Gasteiger charge is -2.13. The van der Waals surface area contributed by atoms with E-state index in [0.717, 1.165) is 10.9 Å². The van der Waals surface area contributed by atoms with E-state index in [0.29, 0.717) is 28.3 Å². The van der Waals surface area contributed by atoms with Gasteiger partial charge in [0.1, 0.15) is 5.82 Å². The van der Waals surface area contributed by atoms with Crippen LogP contribution in [0.3, 0.4) is 0 Å². The maximum absolute atomic E-state index is 13.5. The molecule has 0 amide bonds. The van der Waals surface area contributed by atoms with Crippen LogP contribution >= 0.6 is 23.2 Å². The molecule has 0 saturated carbocycles. The molecule has 2 aromatic carbocycles. The van der Waals surface area contributed by atoms with Crippen LogP contribution < -0.4 is 0 Å². The Bertz CT molecular complexity index is 936. The quantitative estimate of drug-likeness (QED) is 0.608. The van der Waals surface area contributed by atoms with Gasteiger partial charge in [-0.25, -0.2) is 4.39 Å². The predicted molar refractivity (Wildman–Crippen MR) is 94.4 cm³/mol. The van der Waals surface area contributed by atoms with Crippen molar-refractivity contribution in [3.63, 3.8) is 0 Å². The molecule has 1 heterocycles. The summed E-state index contributed by atoms with van der Waals surface area (Å²) in [6, 6.07) is 9.59. The van der Waals surface area contributed by atoms with Crippen molar-refractivity contribution in [2.24, 2.45) is 0 Å². The fourth-order valence-electron chi connectivity index (χ4n) is 2.93. The number of rotatable bonds is 4. The third-order valence-corrected chi connectivity index (χ3v) is 4.59. The summed E-state index contributed by atoms with van der Waals surface area (Å²) in [6.45, 7) is 1.81. The van der Waals surface area contributed by atoms with Crippen LogP contribution in [0.25, 0.3) is 22.2 Å². The molecule has 0 bridgehead atoms. The average Bonchev–Trinajstić information content (AvgIpc) is 2.89. The Balaban J connectivity index is 2.33. The van der Waals surface area contributed by atoms with Crippen LogP contribution in [-0.4, -0.2) is 16.1 Å². The van der Waals surface area contributed by atoms with Crippen molar-refractivity contribution < 1.29 is 14.3 Å². The van der Waals surface area contributed by atoms with E-state index in [1.165, 1.54) is 12.1 Å². The number of nitrogens with one attached hydrogen (secondary N) is 1. The molecule has 124 valence electrons. The molecule has 2 N–H and O–H groups in total. The minimum atomic E-state index is -0.923. The van der Waals surface area contributed by atoms with Gasteiger partial charge in [0.05, 0.1) is 16.6 Å². The first kappa shape index (κ1) is 16.8. The lowest BCUT2D eigenvalue weighted by Crippen LogP contribution is -2.11. The van der Waals surface area contributed by atoms with E-state index in [4.69, 9.17) is 23.2 Å². The summed E-state index contributed by atoms with van der Waals surface area (Å²) in [5.74, 6) is -2.16. The molecule has 0 radical (unpaired) electrons. The molecule has 1 unspecified atom stereocenters. The number of carboxylic acids is 1. The van der Waals surface area contributed by atoms with Crippen molar-refractivity contribution in [1.82, 2.24) is 4.98 Å². The number of aliphatic carboxylic acids is 1. The maximum Gasteiger partial charge on any atom is 0.311 e. The Hall–Kier alpha value is -2.04. The number of benzene rings is 2. The number of fused-ring (bicyclic) bond motifs is 1. The molecule has 6 heteroatoms. The Morgan fingerprint density at radius 1 is 1.25 bits per heavy atom. The van der Waals surface area contributed by atoms with Crippen LogP contribution in [0.2, 0.25) is 10.0 Å². The zero-order valence-corrected chi connectivity index (χ0v) is 14.2. The highest BCUT2D eigenvalue weighted by Crippen LogP contribution is 2.39. The zero-order valence-electron chi connectivity index (χ0n) is 12.7. The van der Waals surface area contributed by atoms with Crippen molar-refractivity contribution >= 4 is 40.1 Å². The van der Waals surface area contributed by atoms with E-state index in [-0.39, 0.29) is 5.02 Å². The molecule has 0 spiro atoms. The number of hydrogen-bond donors (Lipinski definition) is 2. The monoisotopic (exact) mass is 365 g/mol. The maximum atomic E-state index is 13.5. The number of H-pyrrole nitrogens is 1. The highest BCUT2D eigenvalue weighted by Gasteiger charge is 2.26. The lowest BCUT2D eigenvalue weighted by atomic mass is 9.91. The van der Waals surface area contributed by atoms with Gasteiger partial charge in [0.15, 0.2) is 0 Å². The van der Waals surface area contributed by atoms with Gasteiger partial charge >= 0.3 is 5.97 Å². The van der Waals surface area contributed by atoms with Crippen LogP contribution in [0.4, 0.5) is 4.39 Å². The third-order valence-electron chi connectivity index (χ3n) is 4.06. The second-order valence-corrected chi connectivity index (χ2v) is 6.38. The second-order valence-electron chi connectivity index (χ2n) is 5.53. The molecule has 1 aromatic heterocycles. The van der Waals surface area contributed by atoms with E-state index >= 15 is 0 Å². The first-order chi connectivity index (χ1) is 11.4. The molecule has 0 fully saturated rings. The minimum absolute atomic E-state index is 0.0153. The highest BCUT2D eigenvalue weighted by atomic mass is 35.5. The lowest BCUT2D eigenvalue weighted by molar-refractivity contribution is -0.138. The van der Waals surface area contributed by atoms with Crippen LogP contribution in [0.15, 0.2) is 36.4 Å². The van der Waals surface area contributed by atoms with Gasteiger partial charge in [-0.05, 0) is 53.9 Å². The smallest absolute Gasteiger partial charge is 0.311 e. The van der Waals surface area contributed by atoms with E-state index in [2.05, 4.69) is 4.98 Å². The highest BCUT2D eigenvalue weighted by molar-refractivity contribution is 6.31. The molecule has 3 aromatic rings. The molecular formula is C18H14Cl2FNO2. The normalized spacial score (nSPS) is 12.5. The van der Waals surface area contributed by atoms with Crippen molar-refractivity contribution in [3.05, 3.63) is 57.8 Å². The fourth-order valence-corrected chi connectivity index (χ4v) is 3.28. The van der Waals surface area contributed by atoms with E-state index < -0.39 is 17.7 Å². The van der Waals surface area contributed by atoms with E-state index in [1.54, 1.807) is 24.3 Å². The summed E-state index contributed by atoms with van der Waals surface area (Å²) in [5.41, 5.74) is 2.64. The molecule has 0 saturated heterocycles. The Kier molecular flexibility index (Phi) is 4.52. The van der Waals surface area contributed by atoms with Crippen LogP contribution in [-0.2, 0) is 4.79 Å². The molecular weight excluding hydrogens is 352 g/mol. The van der Waals surface area contributed by atoms with Crippen molar-refractivity contribution in [1.29, 1.82) is 0 Å². The van der Waals surface area contributed by atoms with E-state index in [1.807, 2.05) is 6.92 Å². The summed E-state index contributed by atoms with van der Waals surface area (Å²) in [5, 5.41) is 10.9. The van der Waals surface area contributed by atoms with Crippen LogP contribution in [0.5, 0.6) is 0 Å². The van der Waals surface area contributed by atoms with Gasteiger partial charge in [0, 0.05) is 15.9 Å². The Morgan fingerprint density at radius 3 is 2.62 bits per heavy atom. The molecule has 3 rings (SSSR count). The first-order valence-corrected chi connectivity index (χ1v) is 8.17. The standard InChI is InChI=1S/C18H14Cl2FNO2/c1-2-11(18(23)24)16-12-8-10(19)4-6-15(12)22-17(16)9-3-5-14(21)13(20)7-9/h3-8,11,22H,2H2,1H3,(H,23,24). The fraction of sp³-hybridized carbons (Fsp3) is 0.167. The topological polar surface area (TPSA) is 53.1 Å². The molecule has 0 aliphatic heterocycles. The van der Waals surface area contributed by atoms with Gasteiger partial charge in [0.25, 0.3) is 0 Å². The third kappa shape index (κ3) is 2.87. The predicted octanol–water partition coefficient (Wildman–Crippen LogP) is 5.86. The summed E-state index contributed by atoms with van der Waals surface area (Å²) in [6.07, 6.45) is 0.413. The van der Waals surface area contributed by atoms with Gasteiger partial charge in [-0.15, -0.1) is 0 Å². The largest absolute Gasteiger partial charge is 0.481 e. The van der Waals surface area contributed by atoms with Crippen LogP contribution in [0, 0.1) is 5.82 Å². The number of aromatic nitrogens is 1. The summed E-state index contributed by atoms with van der Waals surface area (Å²) in [4.78, 5) is 15.0. The van der Waals surface area contributed by atoms with Crippen molar-refractivity contribution in [2.75, 3.05) is 0 Å². The van der Waals surface area contributed by atoms with Gasteiger partial charge in [-0.2, -0.15) is 0 Å². The number of aromatic amines is 1. The summed E-state index contributed by atoms with van der Waals surface area (Å²) >= 11 is 12.0. The first-order valence-electron chi connectivity index (χ1n) is 7.41. The van der Waals surface area contributed by atoms with Crippen LogP contribution in [0.1, 0.15) is 24.8 Å². The van der Waals surface area contributed by atoms with E-state index in [9.17, 15) is 14.3 Å². The zero-order chi connectivity index (χ0) is 17.4. The molecule has 0 aliphatic rings. The summed E-state index contributed by atoms with van der Waals surface area (Å²) < 4.78 is 13.5. The Labute approximate surface area is 148 Å². The molecule has 0 aliphatic carbocycles. The second kappa shape index (κ2) is 6.46.